The van der Waals surface area contributed by atoms with Crippen molar-refractivity contribution in [1.29, 1.82) is 0 Å². The minimum absolute atomic E-state index is 0.311. The number of aliphatic hydroxyl groups is 1. The Bertz CT molecular complexity index is 1770. The number of aryl methyl sites for hydroxylation is 3. The van der Waals surface area contributed by atoms with E-state index in [9.17, 15) is 19.5 Å². The van der Waals surface area contributed by atoms with Gasteiger partial charge < -0.3 is 18.8 Å². The van der Waals surface area contributed by atoms with Gasteiger partial charge in [0, 0.05) is 37.9 Å². The fraction of sp³-hybridized carbons (Fsp3) is 0.269. The molecule has 5 rings (SSSR count). The molecule has 1 amide bonds. The van der Waals surface area contributed by atoms with E-state index >= 15 is 0 Å². The zero-order valence-corrected chi connectivity index (χ0v) is 21.7. The third kappa shape index (κ3) is 4.58. The number of carbonyl (C=O) groups is 1. The summed E-state index contributed by atoms with van der Waals surface area (Å²) in [6.45, 7) is 3.80. The number of nitrogens with one attached hydrogen (secondary N) is 1. The standard InChI is InChI=1S/C26H26N6O4S/c1-26(2,36)9-12-32-17-14-19-18(30(3)23(34)24(35)31(19)4)13-16(17)28-25(32)29-22(33)21-6-5-20(37-21)15-7-10-27-11-8-15/h5-8,10-11,13-14,36H,9,12H2,1-4H3,(H,28,29,33). The number of hydrogen-bond acceptors (Lipinski definition) is 7. The fourth-order valence-corrected chi connectivity index (χ4v) is 5.10. The Labute approximate surface area is 215 Å². The molecule has 4 heterocycles. The van der Waals surface area contributed by atoms with Crippen molar-refractivity contribution < 1.29 is 9.90 Å². The third-order valence-corrected chi connectivity index (χ3v) is 7.46. The molecule has 190 valence electrons. The van der Waals surface area contributed by atoms with Gasteiger partial charge in [-0.05, 0) is 62.2 Å². The molecule has 0 aliphatic rings. The summed E-state index contributed by atoms with van der Waals surface area (Å²) in [5.41, 5.74) is 1.09. The van der Waals surface area contributed by atoms with Crippen LogP contribution in [0.4, 0.5) is 5.95 Å². The molecule has 0 atom stereocenters. The second-order valence-electron chi connectivity index (χ2n) is 9.56. The number of aromatic nitrogens is 5. The van der Waals surface area contributed by atoms with Gasteiger partial charge in [0.2, 0.25) is 5.95 Å². The van der Waals surface area contributed by atoms with Crippen LogP contribution in [0.1, 0.15) is 29.9 Å². The zero-order chi connectivity index (χ0) is 26.5. The summed E-state index contributed by atoms with van der Waals surface area (Å²) in [4.78, 5) is 48.1. The van der Waals surface area contributed by atoms with Gasteiger partial charge in [0.25, 0.3) is 5.91 Å². The number of fused-ring (bicyclic) bond motifs is 2. The zero-order valence-electron chi connectivity index (χ0n) is 20.8. The number of imidazole rings is 1. The molecule has 0 aliphatic heterocycles. The van der Waals surface area contributed by atoms with Gasteiger partial charge in [-0.15, -0.1) is 11.3 Å². The van der Waals surface area contributed by atoms with Crippen LogP contribution in [0.5, 0.6) is 0 Å². The van der Waals surface area contributed by atoms with E-state index in [1.807, 2.05) is 22.8 Å². The quantitative estimate of drug-likeness (QED) is 0.333. The highest BCUT2D eigenvalue weighted by Crippen LogP contribution is 2.30. The van der Waals surface area contributed by atoms with Gasteiger partial charge in [0.1, 0.15) is 0 Å². The van der Waals surface area contributed by atoms with Crippen LogP contribution in [0.3, 0.4) is 0 Å². The van der Waals surface area contributed by atoms with E-state index < -0.39 is 16.7 Å². The number of thiophene rings is 1. The van der Waals surface area contributed by atoms with Gasteiger partial charge in [-0.1, -0.05) is 0 Å². The third-order valence-electron chi connectivity index (χ3n) is 6.33. The van der Waals surface area contributed by atoms with Crippen LogP contribution in [0, 0.1) is 0 Å². The van der Waals surface area contributed by atoms with E-state index in [1.54, 1.807) is 58.5 Å². The summed E-state index contributed by atoms with van der Waals surface area (Å²) in [6.07, 6.45) is 3.81. The van der Waals surface area contributed by atoms with Crippen molar-refractivity contribution in [3.05, 3.63) is 74.4 Å². The van der Waals surface area contributed by atoms with E-state index in [0.29, 0.717) is 45.9 Å². The normalized spacial score (nSPS) is 11.9. The van der Waals surface area contributed by atoms with E-state index in [1.165, 1.54) is 20.5 Å². The maximum atomic E-state index is 13.2. The predicted molar refractivity (Wildman–Crippen MR) is 144 cm³/mol. The van der Waals surface area contributed by atoms with Crippen LogP contribution in [0.15, 0.2) is 58.4 Å². The first-order valence-electron chi connectivity index (χ1n) is 11.7. The molecule has 2 N–H and O–H groups in total. The Morgan fingerprint density at radius 1 is 1.00 bits per heavy atom. The summed E-state index contributed by atoms with van der Waals surface area (Å²) in [6, 6.07) is 10.9. The summed E-state index contributed by atoms with van der Waals surface area (Å²) in [7, 11) is 3.10. The van der Waals surface area contributed by atoms with Crippen molar-refractivity contribution >= 4 is 45.3 Å². The van der Waals surface area contributed by atoms with E-state index in [4.69, 9.17) is 0 Å². The maximum Gasteiger partial charge on any atom is 0.316 e. The van der Waals surface area contributed by atoms with E-state index in [2.05, 4.69) is 15.3 Å². The largest absolute Gasteiger partial charge is 0.390 e. The molecule has 0 spiro atoms. The second-order valence-corrected chi connectivity index (χ2v) is 10.6. The summed E-state index contributed by atoms with van der Waals surface area (Å²) in [5.74, 6) is 0.00268. The van der Waals surface area contributed by atoms with Crippen LogP contribution in [0.2, 0.25) is 0 Å². The van der Waals surface area contributed by atoms with Crippen LogP contribution in [-0.2, 0) is 20.6 Å². The molecule has 0 aliphatic carbocycles. The lowest BCUT2D eigenvalue weighted by Gasteiger charge is -2.18. The maximum absolute atomic E-state index is 13.2. The summed E-state index contributed by atoms with van der Waals surface area (Å²) in [5, 5.41) is 13.3. The van der Waals surface area contributed by atoms with Gasteiger partial charge in [-0.2, -0.15) is 0 Å². The van der Waals surface area contributed by atoms with E-state index in [-0.39, 0.29) is 5.91 Å². The van der Waals surface area contributed by atoms with Gasteiger partial charge in [-0.25, -0.2) is 4.98 Å². The molecular weight excluding hydrogens is 492 g/mol. The number of carbonyl (C=O) groups excluding carboxylic acids is 1. The SMILES string of the molecule is Cn1c(=O)c(=O)n(C)c2cc3c(cc21)nc(NC(=O)c1ccc(-c2ccncc2)s1)n3CCC(C)(C)O. The average molecular weight is 519 g/mol. The van der Waals surface area contributed by atoms with Crippen LogP contribution in [-0.4, -0.2) is 40.3 Å². The molecule has 0 unspecified atom stereocenters. The highest BCUT2D eigenvalue weighted by atomic mass is 32.1. The number of pyridine rings is 1. The first-order chi connectivity index (χ1) is 17.5. The van der Waals surface area contributed by atoms with Crippen LogP contribution >= 0.6 is 11.3 Å². The van der Waals surface area contributed by atoms with Gasteiger partial charge >= 0.3 is 11.1 Å². The molecule has 0 bridgehead atoms. The van der Waals surface area contributed by atoms with Gasteiger partial charge in [0.15, 0.2) is 0 Å². The molecule has 1 aromatic carbocycles. The molecule has 0 fully saturated rings. The first-order valence-corrected chi connectivity index (χ1v) is 12.5. The Morgan fingerprint density at radius 2 is 1.65 bits per heavy atom. The molecule has 4 aromatic heterocycles. The van der Waals surface area contributed by atoms with Gasteiger partial charge in [0.05, 0.1) is 32.5 Å². The number of nitrogens with zero attached hydrogens (tertiary/aromatic N) is 5. The second kappa shape index (κ2) is 9.09. The van der Waals surface area contributed by atoms with Crippen LogP contribution in [0.25, 0.3) is 32.5 Å². The van der Waals surface area contributed by atoms with E-state index in [0.717, 1.165) is 10.4 Å². The number of benzene rings is 1. The smallest absolute Gasteiger partial charge is 0.316 e. The number of anilines is 1. The number of hydrogen-bond donors (Lipinski definition) is 2. The summed E-state index contributed by atoms with van der Waals surface area (Å²) < 4.78 is 4.43. The molecule has 11 heteroatoms. The Kier molecular flexibility index (Phi) is 6.04. The molecule has 5 aromatic rings. The topological polar surface area (TPSA) is 124 Å². The number of amides is 1. The van der Waals surface area contributed by atoms with Crippen LogP contribution < -0.4 is 16.4 Å². The highest BCUT2D eigenvalue weighted by Gasteiger charge is 2.21. The van der Waals surface area contributed by atoms with Crippen molar-refractivity contribution in [3.8, 4) is 10.4 Å². The lowest BCUT2D eigenvalue weighted by atomic mass is 10.1. The Balaban J connectivity index is 1.59. The van der Waals surface area contributed by atoms with Crippen molar-refractivity contribution in [3.63, 3.8) is 0 Å². The molecule has 0 saturated heterocycles. The molecular formula is C26H26N6O4S. The molecule has 0 saturated carbocycles. The van der Waals surface area contributed by atoms with Crippen molar-refractivity contribution in [1.82, 2.24) is 23.7 Å². The van der Waals surface area contributed by atoms with Gasteiger partial charge in [-0.3, -0.25) is 24.7 Å². The predicted octanol–water partition coefficient (Wildman–Crippen LogP) is 3.12. The minimum atomic E-state index is -0.946. The summed E-state index contributed by atoms with van der Waals surface area (Å²) >= 11 is 1.36. The average Bonchev–Trinajstić information content (AvgIpc) is 3.49. The Morgan fingerprint density at radius 3 is 2.30 bits per heavy atom. The highest BCUT2D eigenvalue weighted by molar-refractivity contribution is 7.17. The number of rotatable bonds is 6. The van der Waals surface area contributed by atoms with Crippen molar-refractivity contribution in [2.45, 2.75) is 32.4 Å². The van der Waals surface area contributed by atoms with Crippen molar-refractivity contribution in [2.24, 2.45) is 14.1 Å². The molecule has 10 nitrogen and oxygen atoms in total. The lowest BCUT2D eigenvalue weighted by Crippen LogP contribution is -2.39. The molecule has 37 heavy (non-hydrogen) atoms. The Hall–Kier alpha value is -4.09. The minimum Gasteiger partial charge on any atom is -0.390 e. The fourth-order valence-electron chi connectivity index (χ4n) is 4.19. The first kappa shape index (κ1) is 24.6. The monoisotopic (exact) mass is 518 g/mol. The molecule has 0 radical (unpaired) electrons. The van der Waals surface area contributed by atoms with Crippen molar-refractivity contribution in [2.75, 3.05) is 5.32 Å². The lowest BCUT2D eigenvalue weighted by molar-refractivity contribution is 0.0667.